The van der Waals surface area contributed by atoms with Crippen molar-refractivity contribution >= 4 is 11.8 Å². The lowest BCUT2D eigenvalue weighted by atomic mass is 10.3. The van der Waals surface area contributed by atoms with Gasteiger partial charge >= 0.3 is 0 Å². The average Bonchev–Trinajstić information content (AvgIpc) is 2.81. The predicted molar refractivity (Wildman–Crippen MR) is 57.2 cm³/mol. The highest BCUT2D eigenvalue weighted by atomic mass is 32.2. The van der Waals surface area contributed by atoms with Crippen molar-refractivity contribution in [2.45, 2.75) is 11.7 Å². The Morgan fingerprint density at radius 1 is 1.47 bits per heavy atom. The van der Waals surface area contributed by atoms with Crippen LogP contribution in [0.5, 0.6) is 0 Å². The Bertz CT molecular complexity index is 421. The second-order valence-corrected chi connectivity index (χ2v) is 3.57. The molecule has 0 atom stereocenters. The zero-order chi connectivity index (χ0) is 10.7. The van der Waals surface area contributed by atoms with Gasteiger partial charge in [0.25, 0.3) is 0 Å². The molecule has 0 spiro atoms. The molecule has 0 radical (unpaired) electrons. The van der Waals surface area contributed by atoms with Crippen molar-refractivity contribution < 1.29 is 4.42 Å². The molecule has 2 heterocycles. The van der Waals surface area contributed by atoms with Gasteiger partial charge in [0.1, 0.15) is 5.69 Å². The Morgan fingerprint density at radius 3 is 2.93 bits per heavy atom. The van der Waals surface area contributed by atoms with Crippen LogP contribution < -0.4 is 5.73 Å². The van der Waals surface area contributed by atoms with Gasteiger partial charge < -0.3 is 10.2 Å². The van der Waals surface area contributed by atoms with E-state index in [4.69, 9.17) is 10.2 Å². The van der Waals surface area contributed by atoms with E-state index < -0.39 is 0 Å². The highest BCUT2D eigenvalue weighted by Gasteiger charge is 2.07. The van der Waals surface area contributed by atoms with E-state index >= 15 is 0 Å². The SMILES string of the molecule is CSc1nc(CN)cc(-c2cnco2)n1. The summed E-state index contributed by atoms with van der Waals surface area (Å²) >= 11 is 1.47. The highest BCUT2D eigenvalue weighted by molar-refractivity contribution is 7.98. The first kappa shape index (κ1) is 10.1. The molecular formula is C9H10N4OS. The minimum Gasteiger partial charge on any atom is -0.442 e. The van der Waals surface area contributed by atoms with Gasteiger partial charge in [-0.1, -0.05) is 11.8 Å². The van der Waals surface area contributed by atoms with Gasteiger partial charge in [-0.3, -0.25) is 0 Å². The maximum absolute atomic E-state index is 5.55. The summed E-state index contributed by atoms with van der Waals surface area (Å²) < 4.78 is 5.17. The Balaban J connectivity index is 2.47. The molecule has 78 valence electrons. The average molecular weight is 222 g/mol. The zero-order valence-electron chi connectivity index (χ0n) is 8.17. The minimum absolute atomic E-state index is 0.386. The second-order valence-electron chi connectivity index (χ2n) is 2.80. The standard InChI is InChI=1S/C9H10N4OS/c1-15-9-12-6(3-10)2-7(13-9)8-4-11-5-14-8/h2,4-5H,3,10H2,1H3. The molecule has 0 aliphatic carbocycles. The van der Waals surface area contributed by atoms with Gasteiger partial charge in [-0.2, -0.15) is 0 Å². The number of thioether (sulfide) groups is 1. The van der Waals surface area contributed by atoms with Crippen molar-refractivity contribution in [1.29, 1.82) is 0 Å². The molecule has 0 amide bonds. The summed E-state index contributed by atoms with van der Waals surface area (Å²) in [4.78, 5) is 12.4. The maximum atomic E-state index is 5.55. The first-order chi connectivity index (χ1) is 7.33. The van der Waals surface area contributed by atoms with E-state index in [-0.39, 0.29) is 0 Å². The van der Waals surface area contributed by atoms with E-state index in [1.54, 1.807) is 12.3 Å². The fourth-order valence-electron chi connectivity index (χ4n) is 1.14. The molecule has 2 rings (SSSR count). The normalized spacial score (nSPS) is 10.5. The van der Waals surface area contributed by atoms with Crippen molar-refractivity contribution in [3.63, 3.8) is 0 Å². The molecule has 2 N–H and O–H groups in total. The molecule has 0 unspecified atom stereocenters. The largest absolute Gasteiger partial charge is 0.442 e. The van der Waals surface area contributed by atoms with Crippen LogP contribution in [0.3, 0.4) is 0 Å². The molecule has 0 aromatic carbocycles. The second kappa shape index (κ2) is 4.41. The molecule has 2 aromatic rings. The monoisotopic (exact) mass is 222 g/mol. The van der Waals surface area contributed by atoms with E-state index in [0.29, 0.717) is 23.2 Å². The Hall–Kier alpha value is -1.40. The molecule has 5 nitrogen and oxygen atoms in total. The Labute approximate surface area is 91.1 Å². The number of nitrogens with zero attached hydrogens (tertiary/aromatic N) is 3. The highest BCUT2D eigenvalue weighted by Crippen LogP contribution is 2.19. The lowest BCUT2D eigenvalue weighted by Crippen LogP contribution is -2.02. The van der Waals surface area contributed by atoms with Crippen LogP contribution in [0.2, 0.25) is 0 Å². The molecule has 2 aromatic heterocycles. The molecule has 0 bridgehead atoms. The van der Waals surface area contributed by atoms with Crippen LogP contribution in [0.4, 0.5) is 0 Å². The number of rotatable bonds is 3. The number of hydrogen-bond donors (Lipinski definition) is 1. The maximum Gasteiger partial charge on any atom is 0.188 e. The molecule has 0 aliphatic heterocycles. The number of aromatic nitrogens is 3. The van der Waals surface area contributed by atoms with Crippen LogP contribution in [0.25, 0.3) is 11.5 Å². The third-order valence-electron chi connectivity index (χ3n) is 1.84. The fourth-order valence-corrected chi connectivity index (χ4v) is 1.54. The topological polar surface area (TPSA) is 77.8 Å². The van der Waals surface area contributed by atoms with E-state index in [2.05, 4.69) is 15.0 Å². The molecular weight excluding hydrogens is 212 g/mol. The van der Waals surface area contributed by atoms with E-state index in [1.165, 1.54) is 18.2 Å². The van der Waals surface area contributed by atoms with Crippen molar-refractivity contribution in [1.82, 2.24) is 15.0 Å². The lowest BCUT2D eigenvalue weighted by Gasteiger charge is -2.02. The van der Waals surface area contributed by atoms with Crippen LogP contribution in [0, 0.1) is 0 Å². The van der Waals surface area contributed by atoms with Gasteiger partial charge in [-0.05, 0) is 12.3 Å². The lowest BCUT2D eigenvalue weighted by molar-refractivity contribution is 0.568. The van der Waals surface area contributed by atoms with Crippen LogP contribution >= 0.6 is 11.8 Å². The summed E-state index contributed by atoms with van der Waals surface area (Å²) in [6.45, 7) is 0.386. The summed E-state index contributed by atoms with van der Waals surface area (Å²) in [6.07, 6.45) is 4.91. The third kappa shape index (κ3) is 2.16. The number of nitrogens with two attached hydrogens (primary N) is 1. The quantitative estimate of drug-likeness (QED) is 0.623. The van der Waals surface area contributed by atoms with Crippen molar-refractivity contribution in [2.75, 3.05) is 6.26 Å². The smallest absolute Gasteiger partial charge is 0.188 e. The van der Waals surface area contributed by atoms with Crippen molar-refractivity contribution in [3.8, 4) is 11.5 Å². The zero-order valence-corrected chi connectivity index (χ0v) is 8.99. The summed E-state index contributed by atoms with van der Waals surface area (Å²) in [5.74, 6) is 0.627. The van der Waals surface area contributed by atoms with Crippen LogP contribution in [0.15, 0.2) is 28.2 Å². The number of hydrogen-bond acceptors (Lipinski definition) is 6. The van der Waals surface area contributed by atoms with Crippen molar-refractivity contribution in [2.24, 2.45) is 5.73 Å². The third-order valence-corrected chi connectivity index (χ3v) is 2.38. The van der Waals surface area contributed by atoms with Gasteiger partial charge in [0, 0.05) is 6.54 Å². The number of oxazole rings is 1. The van der Waals surface area contributed by atoms with Crippen LogP contribution in [-0.2, 0) is 6.54 Å². The van der Waals surface area contributed by atoms with Gasteiger partial charge in [-0.15, -0.1) is 0 Å². The summed E-state index contributed by atoms with van der Waals surface area (Å²) in [5, 5.41) is 0.685. The summed E-state index contributed by atoms with van der Waals surface area (Å²) in [7, 11) is 0. The molecule has 6 heteroatoms. The molecule has 0 saturated carbocycles. The minimum atomic E-state index is 0.386. The molecule has 0 fully saturated rings. The van der Waals surface area contributed by atoms with Gasteiger partial charge in [0.15, 0.2) is 17.3 Å². The van der Waals surface area contributed by atoms with Gasteiger partial charge in [0.2, 0.25) is 0 Å². The van der Waals surface area contributed by atoms with E-state index in [0.717, 1.165) is 5.69 Å². The van der Waals surface area contributed by atoms with E-state index in [1.807, 2.05) is 6.26 Å². The Morgan fingerprint density at radius 2 is 2.33 bits per heavy atom. The summed E-state index contributed by atoms with van der Waals surface area (Å²) in [5.41, 5.74) is 7.06. The first-order valence-electron chi connectivity index (χ1n) is 4.34. The van der Waals surface area contributed by atoms with E-state index in [9.17, 15) is 0 Å². The Kier molecular flexibility index (Phi) is 2.98. The molecule has 15 heavy (non-hydrogen) atoms. The van der Waals surface area contributed by atoms with Crippen molar-refractivity contribution in [3.05, 3.63) is 24.4 Å². The fraction of sp³-hybridized carbons (Fsp3) is 0.222. The van der Waals surface area contributed by atoms with Crippen LogP contribution in [0.1, 0.15) is 5.69 Å². The van der Waals surface area contributed by atoms with Gasteiger partial charge in [-0.25, -0.2) is 15.0 Å². The predicted octanol–water partition coefficient (Wildman–Crippen LogP) is 1.31. The van der Waals surface area contributed by atoms with Crippen LogP contribution in [-0.4, -0.2) is 21.2 Å². The first-order valence-corrected chi connectivity index (χ1v) is 5.57. The molecule has 0 aliphatic rings. The summed E-state index contributed by atoms with van der Waals surface area (Å²) in [6, 6.07) is 1.81. The van der Waals surface area contributed by atoms with Gasteiger partial charge in [0.05, 0.1) is 11.9 Å². The molecule has 0 saturated heterocycles.